The highest BCUT2D eigenvalue weighted by Crippen LogP contribution is 2.26. The summed E-state index contributed by atoms with van der Waals surface area (Å²) in [6.45, 7) is 2.41. The Kier molecular flexibility index (Phi) is 4.53. The van der Waals surface area contributed by atoms with E-state index in [1.807, 2.05) is 37.4 Å². The first-order valence-electron chi connectivity index (χ1n) is 9.17. The van der Waals surface area contributed by atoms with Crippen molar-refractivity contribution >= 4 is 16.8 Å². The van der Waals surface area contributed by atoms with Crippen molar-refractivity contribution in [1.82, 2.24) is 19.4 Å². The van der Waals surface area contributed by atoms with Crippen molar-refractivity contribution in [1.29, 1.82) is 0 Å². The Balaban J connectivity index is 1.46. The van der Waals surface area contributed by atoms with Crippen molar-refractivity contribution in [2.75, 3.05) is 13.1 Å². The van der Waals surface area contributed by atoms with Gasteiger partial charge in [0, 0.05) is 25.1 Å². The lowest BCUT2D eigenvalue weighted by molar-refractivity contribution is 0.0996. The summed E-state index contributed by atoms with van der Waals surface area (Å²) in [7, 11) is 1.83. The number of aromatic nitrogens is 3. The molecule has 0 aliphatic carbocycles. The van der Waals surface area contributed by atoms with Gasteiger partial charge in [-0.3, -0.25) is 14.5 Å². The van der Waals surface area contributed by atoms with E-state index in [1.54, 1.807) is 4.57 Å². The number of imidazole rings is 1. The van der Waals surface area contributed by atoms with Crippen LogP contribution in [0.5, 0.6) is 0 Å². The molecule has 7 nitrogen and oxygen atoms in total. The first kappa shape index (κ1) is 17.5. The van der Waals surface area contributed by atoms with Crippen LogP contribution < -0.4 is 11.3 Å². The molecule has 2 aromatic heterocycles. The average Bonchev–Trinajstić information content (AvgIpc) is 3.17. The van der Waals surface area contributed by atoms with E-state index >= 15 is 0 Å². The molecule has 0 atom stereocenters. The van der Waals surface area contributed by atoms with Gasteiger partial charge in [-0.2, -0.15) is 0 Å². The summed E-state index contributed by atoms with van der Waals surface area (Å²) in [5.74, 6) is 0.622. The second-order valence-electron chi connectivity index (χ2n) is 7.19. The molecule has 27 heavy (non-hydrogen) atoms. The number of carbonyl (C=O) groups excluding carboxylic acids is 1. The summed E-state index contributed by atoms with van der Waals surface area (Å²) in [6, 6.07) is 9.96. The highest BCUT2D eigenvalue weighted by atomic mass is 16.1. The van der Waals surface area contributed by atoms with Crippen LogP contribution in [0.1, 0.15) is 40.6 Å². The third-order valence-electron chi connectivity index (χ3n) is 5.44. The molecule has 1 aliphatic heterocycles. The van der Waals surface area contributed by atoms with Gasteiger partial charge in [-0.25, -0.2) is 4.98 Å². The topological polar surface area (TPSA) is 97.0 Å². The number of pyridine rings is 1. The third-order valence-corrected chi connectivity index (χ3v) is 5.44. The van der Waals surface area contributed by atoms with Crippen molar-refractivity contribution in [2.45, 2.75) is 25.3 Å². The number of nitrogens with two attached hydrogens (primary N) is 1. The second-order valence-corrected chi connectivity index (χ2v) is 7.19. The molecular formula is C20H23N5O2. The zero-order valence-corrected chi connectivity index (χ0v) is 15.3. The third kappa shape index (κ3) is 3.38. The van der Waals surface area contributed by atoms with Gasteiger partial charge < -0.3 is 15.3 Å². The van der Waals surface area contributed by atoms with Gasteiger partial charge in [0.2, 0.25) is 0 Å². The molecule has 140 valence electrons. The molecule has 1 amide bonds. The number of nitrogens with one attached hydrogen (secondary N) is 1. The van der Waals surface area contributed by atoms with Crippen molar-refractivity contribution < 1.29 is 4.79 Å². The van der Waals surface area contributed by atoms with E-state index in [0.29, 0.717) is 12.2 Å². The van der Waals surface area contributed by atoms with Gasteiger partial charge in [-0.05, 0) is 43.5 Å². The average molecular weight is 365 g/mol. The number of piperidine rings is 1. The Morgan fingerprint density at radius 3 is 2.74 bits per heavy atom. The van der Waals surface area contributed by atoms with Crippen LogP contribution in [0.15, 0.2) is 41.3 Å². The summed E-state index contributed by atoms with van der Waals surface area (Å²) in [6.07, 6.45) is 3.36. The van der Waals surface area contributed by atoms with E-state index in [1.165, 1.54) is 6.20 Å². The number of amides is 1. The quantitative estimate of drug-likeness (QED) is 0.736. The molecule has 0 radical (unpaired) electrons. The van der Waals surface area contributed by atoms with Crippen LogP contribution >= 0.6 is 0 Å². The predicted octanol–water partition coefficient (Wildman–Crippen LogP) is 1.74. The molecule has 0 spiro atoms. The lowest BCUT2D eigenvalue weighted by atomic mass is 9.96. The molecule has 7 heteroatoms. The number of rotatable bonds is 4. The molecule has 0 bridgehead atoms. The van der Waals surface area contributed by atoms with E-state index in [9.17, 15) is 9.59 Å². The molecule has 3 heterocycles. The molecule has 0 saturated carbocycles. The van der Waals surface area contributed by atoms with Crippen molar-refractivity contribution in [2.24, 2.45) is 12.8 Å². The maximum atomic E-state index is 12.7. The molecule has 1 fully saturated rings. The van der Waals surface area contributed by atoms with Gasteiger partial charge in [0.15, 0.2) is 0 Å². The lowest BCUT2D eigenvalue weighted by Crippen LogP contribution is -2.35. The monoisotopic (exact) mass is 365 g/mol. The molecule has 3 aromatic rings. The van der Waals surface area contributed by atoms with Gasteiger partial charge in [0.25, 0.3) is 11.5 Å². The SMILES string of the molecule is Cn1c(=O)c(CN2CCC(c3ncc(C(N)=O)[nH]3)CC2)cc2ccccc21. The zero-order chi connectivity index (χ0) is 19.0. The van der Waals surface area contributed by atoms with Crippen LogP contribution in [-0.2, 0) is 13.6 Å². The summed E-state index contributed by atoms with van der Waals surface area (Å²) in [4.78, 5) is 33.5. The number of para-hydroxylation sites is 1. The van der Waals surface area contributed by atoms with Crippen molar-refractivity contribution in [3.05, 3.63) is 64.0 Å². The Morgan fingerprint density at radius 1 is 1.30 bits per heavy atom. The minimum atomic E-state index is -0.488. The van der Waals surface area contributed by atoms with Crippen LogP contribution in [0, 0.1) is 0 Å². The van der Waals surface area contributed by atoms with Gasteiger partial charge in [-0.15, -0.1) is 0 Å². The van der Waals surface area contributed by atoms with Crippen molar-refractivity contribution in [3.8, 4) is 0 Å². The van der Waals surface area contributed by atoms with Gasteiger partial charge >= 0.3 is 0 Å². The largest absolute Gasteiger partial charge is 0.364 e. The number of aromatic amines is 1. The Labute approximate surface area is 156 Å². The van der Waals surface area contributed by atoms with Gasteiger partial charge in [0.1, 0.15) is 11.5 Å². The number of nitrogens with zero attached hydrogens (tertiary/aromatic N) is 3. The molecule has 3 N–H and O–H groups in total. The Bertz CT molecular complexity index is 1040. The fourth-order valence-corrected chi connectivity index (χ4v) is 3.88. The van der Waals surface area contributed by atoms with Crippen LogP contribution in [0.3, 0.4) is 0 Å². The van der Waals surface area contributed by atoms with Crippen LogP contribution in [0.2, 0.25) is 0 Å². The maximum absolute atomic E-state index is 12.7. The highest BCUT2D eigenvalue weighted by molar-refractivity contribution is 5.90. The summed E-state index contributed by atoms with van der Waals surface area (Å²) < 4.78 is 1.73. The Morgan fingerprint density at radius 2 is 2.04 bits per heavy atom. The molecule has 0 unspecified atom stereocenters. The molecular weight excluding hydrogens is 342 g/mol. The van der Waals surface area contributed by atoms with Crippen LogP contribution in [0.25, 0.3) is 10.9 Å². The van der Waals surface area contributed by atoms with Crippen LogP contribution in [-0.4, -0.2) is 38.4 Å². The molecule has 1 aromatic carbocycles. The number of benzene rings is 1. The van der Waals surface area contributed by atoms with E-state index in [4.69, 9.17) is 5.73 Å². The number of carbonyl (C=O) groups is 1. The number of fused-ring (bicyclic) bond motifs is 1. The fourth-order valence-electron chi connectivity index (χ4n) is 3.88. The number of likely N-dealkylation sites (tertiary alicyclic amines) is 1. The first-order valence-corrected chi connectivity index (χ1v) is 9.17. The first-order chi connectivity index (χ1) is 13.0. The number of primary amides is 1. The minimum absolute atomic E-state index is 0.0629. The van der Waals surface area contributed by atoms with Crippen molar-refractivity contribution in [3.63, 3.8) is 0 Å². The zero-order valence-electron chi connectivity index (χ0n) is 15.3. The predicted molar refractivity (Wildman–Crippen MR) is 104 cm³/mol. The standard InChI is InChI=1S/C20H23N5O2/c1-24-17-5-3-2-4-14(17)10-15(20(24)27)12-25-8-6-13(7-9-25)19-22-11-16(23-19)18(21)26/h2-5,10-11,13H,6-9,12H2,1H3,(H2,21,26)(H,22,23). The lowest BCUT2D eigenvalue weighted by Gasteiger charge is -2.31. The number of aryl methyl sites for hydroxylation is 1. The molecule has 1 saturated heterocycles. The van der Waals surface area contributed by atoms with Gasteiger partial charge in [0.05, 0.1) is 11.7 Å². The smallest absolute Gasteiger partial charge is 0.266 e. The number of hydrogen-bond acceptors (Lipinski definition) is 4. The van der Waals surface area contributed by atoms with E-state index in [0.717, 1.165) is 48.2 Å². The minimum Gasteiger partial charge on any atom is -0.364 e. The van der Waals surface area contributed by atoms with E-state index in [2.05, 4.69) is 14.9 Å². The second kappa shape index (κ2) is 7.00. The van der Waals surface area contributed by atoms with Crippen LogP contribution in [0.4, 0.5) is 0 Å². The summed E-state index contributed by atoms with van der Waals surface area (Å²) in [5, 5.41) is 1.08. The maximum Gasteiger partial charge on any atom is 0.266 e. The summed E-state index contributed by atoms with van der Waals surface area (Å²) >= 11 is 0. The number of hydrogen-bond donors (Lipinski definition) is 2. The molecule has 1 aliphatic rings. The van der Waals surface area contributed by atoms with Gasteiger partial charge in [-0.1, -0.05) is 18.2 Å². The van der Waals surface area contributed by atoms with E-state index < -0.39 is 5.91 Å². The summed E-state index contributed by atoms with van der Waals surface area (Å²) in [5.41, 5.74) is 7.47. The van der Waals surface area contributed by atoms with E-state index in [-0.39, 0.29) is 11.5 Å². The Hall–Kier alpha value is -2.93. The molecule has 4 rings (SSSR count). The normalized spacial score (nSPS) is 16.0. The number of H-pyrrole nitrogens is 1. The highest BCUT2D eigenvalue weighted by Gasteiger charge is 2.24. The fraction of sp³-hybridized carbons (Fsp3) is 0.350.